The van der Waals surface area contributed by atoms with Crippen molar-refractivity contribution in [2.24, 2.45) is 0 Å². The molecule has 0 aliphatic carbocycles. The molecule has 98 valence electrons. The summed E-state index contributed by atoms with van der Waals surface area (Å²) in [6.45, 7) is 0. The van der Waals surface area contributed by atoms with Gasteiger partial charge in [0.05, 0.1) is 18.2 Å². The number of benzene rings is 2. The number of carbonyl (C=O) groups is 1. The highest BCUT2D eigenvalue weighted by Gasteiger charge is 2.06. The summed E-state index contributed by atoms with van der Waals surface area (Å²) in [6, 6.07) is 15.6. The minimum absolute atomic E-state index is 0.540. The molecule has 0 amide bonds. The first-order valence-corrected chi connectivity index (χ1v) is 6.30. The Hall–Kier alpha value is -2.68. The van der Waals surface area contributed by atoms with Crippen molar-refractivity contribution in [2.75, 3.05) is 7.11 Å². The van der Waals surface area contributed by atoms with E-state index in [-0.39, 0.29) is 0 Å². The number of nitrogens with zero attached hydrogens (tertiary/aromatic N) is 1. The Morgan fingerprint density at radius 3 is 2.70 bits per heavy atom. The van der Waals surface area contributed by atoms with E-state index in [1.165, 1.54) is 0 Å². The highest BCUT2D eigenvalue weighted by molar-refractivity contribution is 5.86. The summed E-state index contributed by atoms with van der Waals surface area (Å²) in [5, 5.41) is 1.08. The summed E-state index contributed by atoms with van der Waals surface area (Å²) in [4.78, 5) is 15.5. The molecule has 1 heterocycles. The fourth-order valence-electron chi connectivity index (χ4n) is 2.23. The van der Waals surface area contributed by atoms with Crippen LogP contribution in [0, 0.1) is 0 Å². The maximum atomic E-state index is 11.1. The number of hydrogen-bond acceptors (Lipinski definition) is 3. The SMILES string of the molecule is COc1ccc(-c2cnc3ccccc3c2)cc1C=O. The van der Waals surface area contributed by atoms with Crippen LogP contribution >= 0.6 is 0 Å². The zero-order valence-corrected chi connectivity index (χ0v) is 11.0. The van der Waals surface area contributed by atoms with Gasteiger partial charge in [0.25, 0.3) is 0 Å². The predicted octanol–water partition coefficient (Wildman–Crippen LogP) is 3.72. The van der Waals surface area contributed by atoms with Crippen LogP contribution in [0.25, 0.3) is 22.0 Å². The zero-order chi connectivity index (χ0) is 13.9. The van der Waals surface area contributed by atoms with Crippen molar-refractivity contribution in [1.82, 2.24) is 4.98 Å². The van der Waals surface area contributed by atoms with Gasteiger partial charge in [0.1, 0.15) is 5.75 Å². The first-order chi connectivity index (χ1) is 9.81. The third-order valence-electron chi connectivity index (χ3n) is 3.28. The molecule has 0 saturated heterocycles. The predicted molar refractivity (Wildman–Crippen MR) is 79.1 cm³/mol. The lowest BCUT2D eigenvalue weighted by Gasteiger charge is -2.07. The normalized spacial score (nSPS) is 10.4. The van der Waals surface area contributed by atoms with Gasteiger partial charge in [-0.3, -0.25) is 9.78 Å². The van der Waals surface area contributed by atoms with Gasteiger partial charge >= 0.3 is 0 Å². The number of methoxy groups -OCH3 is 1. The fourth-order valence-corrected chi connectivity index (χ4v) is 2.23. The number of aromatic nitrogens is 1. The third kappa shape index (κ3) is 2.14. The summed E-state index contributed by atoms with van der Waals surface area (Å²) in [5.74, 6) is 0.581. The van der Waals surface area contributed by atoms with Crippen molar-refractivity contribution >= 4 is 17.2 Å². The van der Waals surface area contributed by atoms with Crippen LogP contribution < -0.4 is 4.74 Å². The Morgan fingerprint density at radius 2 is 1.90 bits per heavy atom. The molecule has 0 spiro atoms. The molecule has 2 aromatic carbocycles. The van der Waals surface area contributed by atoms with Gasteiger partial charge in [-0.25, -0.2) is 0 Å². The Balaban J connectivity index is 2.12. The molecule has 0 radical (unpaired) electrons. The van der Waals surface area contributed by atoms with Crippen LogP contribution in [-0.2, 0) is 0 Å². The van der Waals surface area contributed by atoms with E-state index in [0.717, 1.165) is 28.3 Å². The molecule has 1 aromatic heterocycles. The molecule has 20 heavy (non-hydrogen) atoms. The number of pyridine rings is 1. The second-order valence-electron chi connectivity index (χ2n) is 4.49. The minimum Gasteiger partial charge on any atom is -0.496 e. The molecule has 3 heteroatoms. The molecular formula is C17H13NO2. The van der Waals surface area contributed by atoms with Crippen LogP contribution in [0.4, 0.5) is 0 Å². The molecule has 3 rings (SSSR count). The van der Waals surface area contributed by atoms with E-state index in [0.29, 0.717) is 11.3 Å². The van der Waals surface area contributed by atoms with Crippen molar-refractivity contribution in [3.05, 3.63) is 60.3 Å². The number of ether oxygens (including phenoxy) is 1. The lowest BCUT2D eigenvalue weighted by atomic mass is 10.0. The van der Waals surface area contributed by atoms with Crippen LogP contribution in [0.15, 0.2) is 54.7 Å². The van der Waals surface area contributed by atoms with Gasteiger partial charge in [0, 0.05) is 17.1 Å². The van der Waals surface area contributed by atoms with Crippen LogP contribution in [0.3, 0.4) is 0 Å². The van der Waals surface area contributed by atoms with Crippen molar-refractivity contribution < 1.29 is 9.53 Å². The van der Waals surface area contributed by atoms with Crippen LogP contribution in [0.5, 0.6) is 5.75 Å². The lowest BCUT2D eigenvalue weighted by Crippen LogP contribution is -1.91. The largest absolute Gasteiger partial charge is 0.496 e. The van der Waals surface area contributed by atoms with E-state index < -0.39 is 0 Å². The van der Waals surface area contributed by atoms with Crippen molar-refractivity contribution in [1.29, 1.82) is 0 Å². The van der Waals surface area contributed by atoms with Gasteiger partial charge in [0.2, 0.25) is 0 Å². The number of para-hydroxylation sites is 1. The molecule has 0 fully saturated rings. The van der Waals surface area contributed by atoms with E-state index in [2.05, 4.69) is 11.1 Å². The molecule has 3 aromatic rings. The van der Waals surface area contributed by atoms with Gasteiger partial charge in [-0.05, 0) is 29.8 Å². The minimum atomic E-state index is 0.540. The van der Waals surface area contributed by atoms with Crippen LogP contribution in [0.2, 0.25) is 0 Å². The van der Waals surface area contributed by atoms with Crippen molar-refractivity contribution in [3.8, 4) is 16.9 Å². The first-order valence-electron chi connectivity index (χ1n) is 6.30. The highest BCUT2D eigenvalue weighted by atomic mass is 16.5. The quantitative estimate of drug-likeness (QED) is 0.676. The molecule has 0 N–H and O–H groups in total. The summed E-state index contributed by atoms with van der Waals surface area (Å²) in [7, 11) is 1.56. The Bertz CT molecular complexity index is 781. The standard InChI is InChI=1S/C17H13NO2/c1-20-17-7-6-12(8-15(17)11-19)14-9-13-4-2-3-5-16(13)18-10-14/h2-11H,1H3. The van der Waals surface area contributed by atoms with Crippen LogP contribution in [-0.4, -0.2) is 18.4 Å². The molecular weight excluding hydrogens is 250 g/mol. The molecule has 0 unspecified atom stereocenters. The van der Waals surface area contributed by atoms with Gasteiger partial charge in [0.15, 0.2) is 6.29 Å². The second kappa shape index (κ2) is 5.13. The van der Waals surface area contributed by atoms with Gasteiger partial charge in [-0.2, -0.15) is 0 Å². The topological polar surface area (TPSA) is 39.2 Å². The van der Waals surface area contributed by atoms with Gasteiger partial charge in [-0.15, -0.1) is 0 Å². The number of rotatable bonds is 3. The number of hydrogen-bond donors (Lipinski definition) is 0. The van der Waals surface area contributed by atoms with Crippen molar-refractivity contribution in [3.63, 3.8) is 0 Å². The maximum Gasteiger partial charge on any atom is 0.153 e. The molecule has 0 aliphatic rings. The molecule has 0 aliphatic heterocycles. The summed E-state index contributed by atoms with van der Waals surface area (Å²) >= 11 is 0. The summed E-state index contributed by atoms with van der Waals surface area (Å²) in [5.41, 5.74) is 3.43. The van der Waals surface area contributed by atoms with Crippen LogP contribution in [0.1, 0.15) is 10.4 Å². The Kier molecular flexibility index (Phi) is 3.17. The second-order valence-corrected chi connectivity index (χ2v) is 4.49. The van der Waals surface area contributed by atoms with Gasteiger partial charge in [-0.1, -0.05) is 24.3 Å². The highest BCUT2D eigenvalue weighted by Crippen LogP contribution is 2.27. The van der Waals surface area contributed by atoms with E-state index in [1.807, 2.05) is 42.6 Å². The number of carbonyl (C=O) groups excluding carboxylic acids is 1. The number of aldehydes is 1. The van der Waals surface area contributed by atoms with E-state index in [4.69, 9.17) is 4.74 Å². The van der Waals surface area contributed by atoms with E-state index in [1.54, 1.807) is 13.2 Å². The molecule has 0 saturated carbocycles. The monoisotopic (exact) mass is 263 g/mol. The van der Waals surface area contributed by atoms with Gasteiger partial charge < -0.3 is 4.74 Å². The lowest BCUT2D eigenvalue weighted by molar-refractivity contribution is 0.112. The summed E-state index contributed by atoms with van der Waals surface area (Å²) < 4.78 is 5.15. The zero-order valence-electron chi connectivity index (χ0n) is 11.0. The first kappa shape index (κ1) is 12.4. The van der Waals surface area contributed by atoms with E-state index in [9.17, 15) is 4.79 Å². The fraction of sp³-hybridized carbons (Fsp3) is 0.0588. The van der Waals surface area contributed by atoms with Crippen molar-refractivity contribution in [2.45, 2.75) is 0 Å². The smallest absolute Gasteiger partial charge is 0.153 e. The average molecular weight is 263 g/mol. The number of fused-ring (bicyclic) bond motifs is 1. The third-order valence-corrected chi connectivity index (χ3v) is 3.28. The van der Waals surface area contributed by atoms with E-state index >= 15 is 0 Å². The average Bonchev–Trinajstić information content (AvgIpc) is 2.53. The molecule has 0 atom stereocenters. The Labute approximate surface area is 116 Å². The molecule has 0 bridgehead atoms. The molecule has 3 nitrogen and oxygen atoms in total. The Morgan fingerprint density at radius 1 is 1.05 bits per heavy atom. The summed E-state index contributed by atoms with van der Waals surface area (Å²) in [6.07, 6.45) is 2.62. The maximum absolute atomic E-state index is 11.1.